The number of thiophene rings is 1. The third kappa shape index (κ3) is 3.16. The molecule has 2 rings (SSSR count). The van der Waals surface area contributed by atoms with E-state index < -0.39 is 0 Å². The van der Waals surface area contributed by atoms with Gasteiger partial charge in [-0.2, -0.15) is 0 Å². The molecule has 0 unspecified atom stereocenters. The van der Waals surface area contributed by atoms with Crippen LogP contribution in [0.25, 0.3) is 0 Å². The molecule has 1 aliphatic rings. The number of hydrogen-bond donors (Lipinski definition) is 0. The zero-order valence-electron chi connectivity index (χ0n) is 10.0. The number of carbonyl (C=O) groups excluding carboxylic acids is 2. The molecule has 1 saturated carbocycles. The fraction of sp³-hybridized carbons (Fsp3) is 0.538. The molecule has 0 aliphatic heterocycles. The van der Waals surface area contributed by atoms with E-state index in [9.17, 15) is 9.59 Å². The van der Waals surface area contributed by atoms with E-state index in [-0.39, 0.29) is 11.9 Å². The molecule has 92 valence electrons. The summed E-state index contributed by atoms with van der Waals surface area (Å²) < 4.78 is 0. The number of ketones is 1. The van der Waals surface area contributed by atoms with Gasteiger partial charge in [0.25, 0.3) is 0 Å². The van der Waals surface area contributed by atoms with Crippen molar-refractivity contribution in [2.45, 2.75) is 38.1 Å². The second-order valence-corrected chi connectivity index (χ2v) is 5.56. The second kappa shape index (κ2) is 5.45. The summed E-state index contributed by atoms with van der Waals surface area (Å²) in [6.45, 7) is 0. The zero-order chi connectivity index (χ0) is 12.3. The van der Waals surface area contributed by atoms with Crippen LogP contribution in [-0.2, 0) is 16.0 Å². The van der Waals surface area contributed by atoms with Gasteiger partial charge in [0.2, 0.25) is 5.91 Å². The third-order valence-electron chi connectivity index (χ3n) is 3.36. The Labute approximate surface area is 105 Å². The van der Waals surface area contributed by atoms with Gasteiger partial charge in [0.1, 0.15) is 5.78 Å². The second-order valence-electron chi connectivity index (χ2n) is 4.53. The Balaban J connectivity index is 1.88. The zero-order valence-corrected chi connectivity index (χ0v) is 10.8. The predicted molar refractivity (Wildman–Crippen MR) is 68.1 cm³/mol. The van der Waals surface area contributed by atoms with Gasteiger partial charge < -0.3 is 4.90 Å². The molecule has 17 heavy (non-hydrogen) atoms. The minimum Gasteiger partial charge on any atom is -0.342 e. The minimum atomic E-state index is 0.159. The summed E-state index contributed by atoms with van der Waals surface area (Å²) in [7, 11) is 1.86. The van der Waals surface area contributed by atoms with Crippen molar-refractivity contribution in [2.75, 3.05) is 7.05 Å². The molecule has 3 nitrogen and oxygen atoms in total. The number of carbonyl (C=O) groups is 2. The van der Waals surface area contributed by atoms with Crippen molar-refractivity contribution < 1.29 is 9.59 Å². The topological polar surface area (TPSA) is 37.4 Å². The van der Waals surface area contributed by atoms with Gasteiger partial charge in [0.05, 0.1) is 6.42 Å². The highest BCUT2D eigenvalue weighted by molar-refractivity contribution is 7.10. The highest BCUT2D eigenvalue weighted by atomic mass is 32.1. The summed E-state index contributed by atoms with van der Waals surface area (Å²) in [5.74, 6) is 0.493. The fourth-order valence-electron chi connectivity index (χ4n) is 2.20. The average Bonchev–Trinajstić information content (AvgIpc) is 2.82. The van der Waals surface area contributed by atoms with Gasteiger partial charge in [-0.1, -0.05) is 6.07 Å². The van der Waals surface area contributed by atoms with Gasteiger partial charge in [-0.3, -0.25) is 9.59 Å². The van der Waals surface area contributed by atoms with Crippen molar-refractivity contribution in [3.8, 4) is 0 Å². The maximum Gasteiger partial charge on any atom is 0.227 e. The van der Waals surface area contributed by atoms with E-state index in [0.717, 1.165) is 17.7 Å². The molecule has 1 aromatic rings. The van der Waals surface area contributed by atoms with Crippen molar-refractivity contribution in [3.05, 3.63) is 22.4 Å². The maximum absolute atomic E-state index is 12.0. The van der Waals surface area contributed by atoms with E-state index in [4.69, 9.17) is 0 Å². The number of Topliss-reactive ketones (excluding diaryl/α,β-unsaturated/α-hetero) is 1. The molecule has 0 atom stereocenters. The van der Waals surface area contributed by atoms with Crippen LogP contribution in [0.3, 0.4) is 0 Å². The van der Waals surface area contributed by atoms with Crippen LogP contribution in [0.2, 0.25) is 0 Å². The Morgan fingerprint density at radius 2 is 2.18 bits per heavy atom. The Bertz CT molecular complexity index is 390. The summed E-state index contributed by atoms with van der Waals surface area (Å²) >= 11 is 1.61. The molecule has 0 bridgehead atoms. The first kappa shape index (κ1) is 12.3. The molecule has 1 aromatic heterocycles. The number of hydrogen-bond acceptors (Lipinski definition) is 3. The van der Waals surface area contributed by atoms with Crippen molar-refractivity contribution in [2.24, 2.45) is 0 Å². The summed E-state index contributed by atoms with van der Waals surface area (Å²) in [5, 5.41) is 1.99. The Morgan fingerprint density at radius 3 is 2.76 bits per heavy atom. The van der Waals surface area contributed by atoms with Gasteiger partial charge in [0, 0.05) is 30.8 Å². The number of rotatable bonds is 3. The Hall–Kier alpha value is -1.16. The highest BCUT2D eigenvalue weighted by Crippen LogP contribution is 2.20. The van der Waals surface area contributed by atoms with Gasteiger partial charge in [-0.25, -0.2) is 0 Å². The van der Waals surface area contributed by atoms with Crippen LogP contribution in [0.1, 0.15) is 30.6 Å². The quantitative estimate of drug-likeness (QED) is 0.826. The Kier molecular flexibility index (Phi) is 3.94. The summed E-state index contributed by atoms with van der Waals surface area (Å²) in [6.07, 6.45) is 3.39. The summed E-state index contributed by atoms with van der Waals surface area (Å²) in [5.41, 5.74) is 0. The first-order valence-electron chi connectivity index (χ1n) is 5.96. The molecule has 1 fully saturated rings. The standard InChI is InChI=1S/C13H17NO2S/c1-14(10-4-6-11(15)7-5-10)13(16)9-12-3-2-8-17-12/h2-3,8,10H,4-7,9H2,1H3. The van der Waals surface area contributed by atoms with E-state index in [2.05, 4.69) is 0 Å². The van der Waals surface area contributed by atoms with Gasteiger partial charge >= 0.3 is 0 Å². The molecule has 0 saturated heterocycles. The van der Waals surface area contributed by atoms with E-state index in [0.29, 0.717) is 25.0 Å². The molecule has 1 heterocycles. The number of amides is 1. The normalized spacial score (nSPS) is 17.1. The third-order valence-corrected chi connectivity index (χ3v) is 4.24. The fourth-order valence-corrected chi connectivity index (χ4v) is 2.90. The molecule has 0 N–H and O–H groups in total. The Morgan fingerprint density at radius 1 is 1.47 bits per heavy atom. The molecular weight excluding hydrogens is 234 g/mol. The van der Waals surface area contributed by atoms with E-state index in [1.165, 1.54) is 0 Å². The monoisotopic (exact) mass is 251 g/mol. The smallest absolute Gasteiger partial charge is 0.227 e. The van der Waals surface area contributed by atoms with Crippen LogP contribution >= 0.6 is 11.3 Å². The lowest BCUT2D eigenvalue weighted by Gasteiger charge is -2.30. The van der Waals surface area contributed by atoms with Crippen LogP contribution < -0.4 is 0 Å². The van der Waals surface area contributed by atoms with Crippen LogP contribution in [0.5, 0.6) is 0 Å². The predicted octanol–water partition coefficient (Wildman–Crippen LogP) is 2.26. The lowest BCUT2D eigenvalue weighted by Crippen LogP contribution is -2.40. The van der Waals surface area contributed by atoms with Gasteiger partial charge in [-0.05, 0) is 24.3 Å². The average molecular weight is 251 g/mol. The summed E-state index contributed by atoms with van der Waals surface area (Å²) in [6, 6.07) is 4.20. The lowest BCUT2D eigenvalue weighted by atomic mass is 9.93. The summed E-state index contributed by atoms with van der Waals surface area (Å²) in [4.78, 5) is 26.1. The molecule has 1 aliphatic carbocycles. The first-order chi connectivity index (χ1) is 8.16. The van der Waals surface area contributed by atoms with Crippen molar-refractivity contribution in [3.63, 3.8) is 0 Å². The number of nitrogens with zero attached hydrogens (tertiary/aromatic N) is 1. The SMILES string of the molecule is CN(C(=O)Cc1cccs1)C1CCC(=O)CC1. The molecular formula is C13H17NO2S. The van der Waals surface area contributed by atoms with Crippen molar-refractivity contribution in [1.82, 2.24) is 4.90 Å². The van der Waals surface area contributed by atoms with E-state index in [1.54, 1.807) is 11.3 Å². The first-order valence-corrected chi connectivity index (χ1v) is 6.84. The molecule has 4 heteroatoms. The van der Waals surface area contributed by atoms with E-state index in [1.807, 2.05) is 29.5 Å². The van der Waals surface area contributed by atoms with Gasteiger partial charge in [0.15, 0.2) is 0 Å². The molecule has 0 radical (unpaired) electrons. The largest absolute Gasteiger partial charge is 0.342 e. The van der Waals surface area contributed by atoms with Crippen LogP contribution in [0, 0.1) is 0 Å². The minimum absolute atomic E-state index is 0.159. The lowest BCUT2D eigenvalue weighted by molar-refractivity contribution is -0.133. The van der Waals surface area contributed by atoms with Crippen LogP contribution in [0.4, 0.5) is 0 Å². The van der Waals surface area contributed by atoms with Crippen molar-refractivity contribution in [1.29, 1.82) is 0 Å². The highest BCUT2D eigenvalue weighted by Gasteiger charge is 2.25. The number of likely N-dealkylation sites (N-methyl/N-ethyl adjacent to an activating group) is 1. The van der Waals surface area contributed by atoms with Crippen molar-refractivity contribution >= 4 is 23.0 Å². The molecule has 0 aromatic carbocycles. The van der Waals surface area contributed by atoms with E-state index >= 15 is 0 Å². The maximum atomic E-state index is 12.0. The molecule has 1 amide bonds. The van der Waals surface area contributed by atoms with Crippen LogP contribution in [-0.4, -0.2) is 29.7 Å². The van der Waals surface area contributed by atoms with Gasteiger partial charge in [-0.15, -0.1) is 11.3 Å². The molecule has 0 spiro atoms. The van der Waals surface area contributed by atoms with Crippen LogP contribution in [0.15, 0.2) is 17.5 Å².